The zero-order valence-corrected chi connectivity index (χ0v) is 20.5. The standard InChI is InChI=1S/C29H27BN2O6/c33-16-18-14-24-26(23-15-25(38-30(37)27(18)23)17-6-12-22(34)13-7-17)29(36)32(28(24)35)21-10-8-20(9-11-21)31-19-4-2-1-3-5-19/h1-13,23-26,31,33-34,37H,14-16H2/t23-,24-,25-,26+/m0/s1. The third kappa shape index (κ3) is 4.18. The summed E-state index contributed by atoms with van der Waals surface area (Å²) in [6.45, 7) is -0.319. The van der Waals surface area contributed by atoms with Gasteiger partial charge in [0.2, 0.25) is 11.8 Å². The van der Waals surface area contributed by atoms with Crippen molar-refractivity contribution in [1.82, 2.24) is 0 Å². The summed E-state index contributed by atoms with van der Waals surface area (Å²) in [6.07, 6.45) is 0.0408. The van der Waals surface area contributed by atoms with Gasteiger partial charge in [-0.25, -0.2) is 0 Å². The Hall–Kier alpha value is -3.92. The zero-order valence-electron chi connectivity index (χ0n) is 20.5. The molecule has 4 atom stereocenters. The molecule has 0 radical (unpaired) electrons. The Balaban J connectivity index is 1.29. The molecule has 2 aliphatic heterocycles. The maximum absolute atomic E-state index is 13.8. The largest absolute Gasteiger partial charge is 0.508 e. The fourth-order valence-corrected chi connectivity index (χ4v) is 6.10. The van der Waals surface area contributed by atoms with E-state index in [0.717, 1.165) is 16.9 Å². The summed E-state index contributed by atoms with van der Waals surface area (Å²) in [5.74, 6) is -2.22. The molecule has 2 heterocycles. The number of carbonyl (C=O) groups excluding carboxylic acids is 2. The summed E-state index contributed by atoms with van der Waals surface area (Å²) in [5, 5.41) is 34.0. The van der Waals surface area contributed by atoms with Gasteiger partial charge in [-0.05, 0) is 83.9 Å². The molecule has 3 aromatic rings. The van der Waals surface area contributed by atoms with Crippen LogP contribution in [0.3, 0.4) is 0 Å². The topological polar surface area (TPSA) is 119 Å². The highest BCUT2D eigenvalue weighted by molar-refractivity contribution is 6.53. The summed E-state index contributed by atoms with van der Waals surface area (Å²) >= 11 is 0. The summed E-state index contributed by atoms with van der Waals surface area (Å²) in [5.41, 5.74) is 4.06. The quantitative estimate of drug-likeness (QED) is 0.305. The lowest BCUT2D eigenvalue weighted by Crippen LogP contribution is -2.45. The van der Waals surface area contributed by atoms with Gasteiger partial charge >= 0.3 is 7.12 Å². The van der Waals surface area contributed by atoms with Crippen molar-refractivity contribution in [3.8, 4) is 5.75 Å². The van der Waals surface area contributed by atoms with Crippen LogP contribution in [0.2, 0.25) is 0 Å². The number of aromatic hydroxyl groups is 1. The van der Waals surface area contributed by atoms with Gasteiger partial charge in [0.1, 0.15) is 5.75 Å². The Morgan fingerprint density at radius 1 is 0.895 bits per heavy atom. The van der Waals surface area contributed by atoms with Gasteiger partial charge in [0, 0.05) is 11.4 Å². The molecule has 38 heavy (non-hydrogen) atoms. The molecular weight excluding hydrogens is 483 g/mol. The Bertz CT molecular complexity index is 1390. The number of aliphatic hydroxyl groups is 1. The second kappa shape index (κ2) is 9.76. The molecule has 0 unspecified atom stereocenters. The average Bonchev–Trinajstić information content (AvgIpc) is 3.19. The monoisotopic (exact) mass is 510 g/mol. The minimum atomic E-state index is -1.30. The van der Waals surface area contributed by atoms with Crippen molar-refractivity contribution < 1.29 is 29.5 Å². The summed E-state index contributed by atoms with van der Waals surface area (Å²) < 4.78 is 5.89. The van der Waals surface area contributed by atoms with E-state index < -0.39 is 31.0 Å². The van der Waals surface area contributed by atoms with Gasteiger partial charge in [0.25, 0.3) is 0 Å². The van der Waals surface area contributed by atoms with Gasteiger partial charge in [0.05, 0.1) is 30.2 Å². The van der Waals surface area contributed by atoms with Gasteiger partial charge in [0.15, 0.2) is 0 Å². The number of nitrogens with one attached hydrogen (secondary N) is 1. The molecule has 4 N–H and O–H groups in total. The van der Waals surface area contributed by atoms with Crippen molar-refractivity contribution in [2.24, 2.45) is 17.8 Å². The third-order valence-corrected chi connectivity index (χ3v) is 7.86. The Morgan fingerprint density at radius 2 is 1.58 bits per heavy atom. The van der Waals surface area contributed by atoms with Crippen LogP contribution in [-0.4, -0.2) is 40.8 Å². The van der Waals surface area contributed by atoms with Crippen LogP contribution in [0.15, 0.2) is 89.9 Å². The number of benzene rings is 3. The number of phenolic OH excluding ortho intramolecular Hbond substituents is 1. The fourth-order valence-electron chi connectivity index (χ4n) is 6.10. The maximum atomic E-state index is 13.8. The van der Waals surface area contributed by atoms with Crippen molar-refractivity contribution in [2.45, 2.75) is 18.9 Å². The highest BCUT2D eigenvalue weighted by atomic mass is 16.5. The molecule has 6 rings (SSSR count). The van der Waals surface area contributed by atoms with Crippen LogP contribution in [-0.2, 0) is 14.2 Å². The lowest BCUT2D eigenvalue weighted by atomic mass is 9.55. The van der Waals surface area contributed by atoms with Crippen LogP contribution in [0.1, 0.15) is 24.5 Å². The normalized spacial score (nSPS) is 24.9. The zero-order chi connectivity index (χ0) is 26.4. The molecule has 8 nitrogen and oxygen atoms in total. The number of phenols is 1. The van der Waals surface area contributed by atoms with E-state index in [-0.39, 0.29) is 30.6 Å². The number of fused-ring (bicyclic) bond motifs is 3. The number of allylic oxidation sites excluding steroid dienone is 1. The molecule has 2 amide bonds. The van der Waals surface area contributed by atoms with E-state index in [1.54, 1.807) is 36.4 Å². The molecule has 1 aliphatic carbocycles. The van der Waals surface area contributed by atoms with E-state index in [4.69, 9.17) is 4.65 Å². The third-order valence-electron chi connectivity index (χ3n) is 7.86. The number of anilines is 3. The lowest BCUT2D eigenvalue weighted by Gasteiger charge is -2.41. The first-order valence-corrected chi connectivity index (χ1v) is 12.7. The second-order valence-electron chi connectivity index (χ2n) is 10.0. The maximum Gasteiger partial charge on any atom is 0.487 e. The average molecular weight is 510 g/mol. The Morgan fingerprint density at radius 3 is 2.26 bits per heavy atom. The van der Waals surface area contributed by atoms with Gasteiger partial charge in [-0.1, -0.05) is 30.3 Å². The van der Waals surface area contributed by atoms with E-state index in [0.29, 0.717) is 23.2 Å². The number of rotatable bonds is 5. The SMILES string of the molecule is O=C1[C@H]2[C@H](CC(CO)=C3B(O)O[C@H](c4ccc(O)cc4)C[C@H]32)C(=O)N1c1ccc(Nc2ccccc2)cc1. The first kappa shape index (κ1) is 24.4. The summed E-state index contributed by atoms with van der Waals surface area (Å²) in [7, 11) is -1.30. The predicted octanol–water partition coefficient (Wildman–Crippen LogP) is 3.73. The minimum Gasteiger partial charge on any atom is -0.508 e. The number of nitrogens with zero attached hydrogens (tertiary/aromatic N) is 1. The highest BCUT2D eigenvalue weighted by Gasteiger charge is 2.58. The van der Waals surface area contributed by atoms with E-state index >= 15 is 0 Å². The molecule has 0 bridgehead atoms. The number of imide groups is 1. The molecule has 9 heteroatoms. The van der Waals surface area contributed by atoms with E-state index in [1.165, 1.54) is 4.90 Å². The van der Waals surface area contributed by atoms with Crippen molar-refractivity contribution in [2.75, 3.05) is 16.8 Å². The number of hydrogen-bond acceptors (Lipinski definition) is 7. The van der Waals surface area contributed by atoms with Crippen molar-refractivity contribution >= 4 is 36.0 Å². The minimum absolute atomic E-state index is 0.114. The lowest BCUT2D eigenvalue weighted by molar-refractivity contribution is -0.123. The Kier molecular flexibility index (Phi) is 6.27. The summed E-state index contributed by atoms with van der Waals surface area (Å²) in [6, 6.07) is 23.4. The van der Waals surface area contributed by atoms with E-state index in [1.807, 2.05) is 42.5 Å². The van der Waals surface area contributed by atoms with Gasteiger partial charge in [-0.2, -0.15) is 0 Å². The molecule has 0 saturated carbocycles. The van der Waals surface area contributed by atoms with Gasteiger partial charge < -0.3 is 25.2 Å². The Labute approximate surface area is 220 Å². The first-order chi connectivity index (χ1) is 18.4. The summed E-state index contributed by atoms with van der Waals surface area (Å²) in [4.78, 5) is 28.7. The molecule has 0 spiro atoms. The number of amides is 2. The van der Waals surface area contributed by atoms with Crippen LogP contribution in [0.4, 0.5) is 17.1 Å². The fraction of sp³-hybridized carbons (Fsp3) is 0.241. The van der Waals surface area contributed by atoms with Crippen LogP contribution < -0.4 is 10.2 Å². The molecule has 0 aromatic heterocycles. The number of hydrogen-bond donors (Lipinski definition) is 4. The van der Waals surface area contributed by atoms with Crippen LogP contribution in [0, 0.1) is 17.8 Å². The van der Waals surface area contributed by atoms with Crippen molar-refractivity contribution in [1.29, 1.82) is 0 Å². The molecule has 2 fully saturated rings. The predicted molar refractivity (Wildman–Crippen MR) is 142 cm³/mol. The highest BCUT2D eigenvalue weighted by Crippen LogP contribution is 2.52. The van der Waals surface area contributed by atoms with Gasteiger partial charge in [-0.3, -0.25) is 14.5 Å². The molecular formula is C29H27BN2O6. The van der Waals surface area contributed by atoms with E-state index in [2.05, 4.69) is 5.32 Å². The van der Waals surface area contributed by atoms with Crippen LogP contribution in [0.5, 0.6) is 5.75 Å². The van der Waals surface area contributed by atoms with Crippen LogP contribution >= 0.6 is 0 Å². The molecule has 2 saturated heterocycles. The smallest absolute Gasteiger partial charge is 0.487 e. The van der Waals surface area contributed by atoms with Crippen molar-refractivity contribution in [3.63, 3.8) is 0 Å². The molecule has 192 valence electrons. The molecule has 3 aliphatic rings. The van der Waals surface area contributed by atoms with Crippen molar-refractivity contribution in [3.05, 3.63) is 95.5 Å². The van der Waals surface area contributed by atoms with Gasteiger partial charge in [-0.15, -0.1) is 0 Å². The number of aliphatic hydroxyl groups excluding tert-OH is 1. The van der Waals surface area contributed by atoms with E-state index in [9.17, 15) is 24.8 Å². The number of carbonyl (C=O) groups is 2. The molecule has 3 aromatic carbocycles. The van der Waals surface area contributed by atoms with Crippen LogP contribution in [0.25, 0.3) is 0 Å². The number of para-hydroxylation sites is 1. The second-order valence-corrected chi connectivity index (χ2v) is 10.0. The first-order valence-electron chi connectivity index (χ1n) is 12.7.